The molecule has 1 aliphatic rings. The fraction of sp³-hybridized carbons (Fsp3) is 0.286. The third-order valence-electron chi connectivity index (χ3n) is 4.88. The lowest BCUT2D eigenvalue weighted by atomic mass is 9.91. The fourth-order valence-electron chi connectivity index (χ4n) is 3.60. The first-order valence-corrected chi connectivity index (χ1v) is 8.76. The van der Waals surface area contributed by atoms with Gasteiger partial charge in [0.05, 0.1) is 0 Å². The van der Waals surface area contributed by atoms with Crippen LogP contribution in [0.3, 0.4) is 0 Å². The van der Waals surface area contributed by atoms with E-state index in [0.717, 1.165) is 24.8 Å². The van der Waals surface area contributed by atoms with Gasteiger partial charge in [-0.3, -0.25) is 0 Å². The number of amides is 1. The van der Waals surface area contributed by atoms with Crippen molar-refractivity contribution in [1.82, 2.24) is 10.3 Å². The van der Waals surface area contributed by atoms with Crippen LogP contribution in [0.5, 0.6) is 0 Å². The average molecular weight is 334 g/mol. The summed E-state index contributed by atoms with van der Waals surface area (Å²) in [5.74, 6) is 0. The zero-order valence-corrected chi connectivity index (χ0v) is 14.3. The molecule has 1 aliphatic carbocycles. The predicted octanol–water partition coefficient (Wildman–Crippen LogP) is 4.26. The minimum atomic E-state index is -0.343. The molecule has 4 rings (SSSR count). The number of rotatable bonds is 3. The topological polar surface area (TPSA) is 54.1 Å². The molecule has 1 heterocycles. The van der Waals surface area contributed by atoms with E-state index in [-0.39, 0.29) is 12.1 Å². The van der Waals surface area contributed by atoms with Gasteiger partial charge < -0.3 is 15.0 Å². The normalized spacial score (nSPS) is 16.4. The zero-order valence-electron chi connectivity index (χ0n) is 14.3. The molecular weight excluding hydrogens is 312 g/mol. The van der Waals surface area contributed by atoms with Gasteiger partial charge in [-0.1, -0.05) is 42.0 Å². The second-order valence-corrected chi connectivity index (χ2v) is 6.78. The Balaban J connectivity index is 1.39. The van der Waals surface area contributed by atoms with Gasteiger partial charge in [-0.15, -0.1) is 0 Å². The number of aromatic nitrogens is 1. The van der Waals surface area contributed by atoms with Crippen LogP contribution in [0.1, 0.15) is 28.8 Å². The number of carbonyl (C=O) groups excluding carboxylic acids is 1. The minimum absolute atomic E-state index is 0.116. The molecule has 2 N–H and O–H groups in total. The molecule has 1 amide bonds. The van der Waals surface area contributed by atoms with Crippen molar-refractivity contribution in [2.45, 2.75) is 38.8 Å². The molecule has 0 radical (unpaired) electrons. The molecule has 0 bridgehead atoms. The monoisotopic (exact) mass is 334 g/mol. The number of fused-ring (bicyclic) bond motifs is 3. The molecular formula is C21H22N2O2. The maximum Gasteiger partial charge on any atom is 0.407 e. The van der Waals surface area contributed by atoms with Crippen LogP contribution in [0.25, 0.3) is 10.9 Å². The third kappa shape index (κ3) is 3.38. The average Bonchev–Trinajstić information content (AvgIpc) is 2.98. The van der Waals surface area contributed by atoms with Crippen LogP contribution in [-0.2, 0) is 24.2 Å². The summed E-state index contributed by atoms with van der Waals surface area (Å²) in [7, 11) is 0. The first-order valence-electron chi connectivity index (χ1n) is 8.76. The van der Waals surface area contributed by atoms with Crippen LogP contribution in [0.4, 0.5) is 4.79 Å². The number of aryl methyl sites for hydroxylation is 2. The van der Waals surface area contributed by atoms with E-state index in [1.807, 2.05) is 30.3 Å². The van der Waals surface area contributed by atoms with Crippen LogP contribution < -0.4 is 5.32 Å². The van der Waals surface area contributed by atoms with Crippen LogP contribution >= 0.6 is 0 Å². The van der Waals surface area contributed by atoms with E-state index in [1.54, 1.807) is 0 Å². The van der Waals surface area contributed by atoms with Crippen molar-refractivity contribution in [3.8, 4) is 0 Å². The smallest absolute Gasteiger partial charge is 0.407 e. The lowest BCUT2D eigenvalue weighted by Crippen LogP contribution is -2.39. The van der Waals surface area contributed by atoms with E-state index in [4.69, 9.17) is 4.74 Å². The van der Waals surface area contributed by atoms with E-state index in [0.29, 0.717) is 6.61 Å². The number of ether oxygens (including phenoxy) is 1. The SMILES string of the molecule is Cc1ccc2[nH]c3c(c2c1)CCC(NC(=O)OCc1ccccc1)C3. The molecule has 0 saturated carbocycles. The van der Waals surface area contributed by atoms with Crippen LogP contribution in [-0.4, -0.2) is 17.1 Å². The van der Waals surface area contributed by atoms with Crippen LogP contribution in [0.15, 0.2) is 48.5 Å². The third-order valence-corrected chi connectivity index (χ3v) is 4.88. The number of H-pyrrole nitrogens is 1. The quantitative estimate of drug-likeness (QED) is 0.752. The lowest BCUT2D eigenvalue weighted by molar-refractivity contribution is 0.134. The highest BCUT2D eigenvalue weighted by Gasteiger charge is 2.24. The number of hydrogen-bond acceptors (Lipinski definition) is 2. The Bertz CT molecular complexity index is 899. The molecule has 2 aromatic carbocycles. The van der Waals surface area contributed by atoms with Gasteiger partial charge in [0.25, 0.3) is 0 Å². The van der Waals surface area contributed by atoms with Crippen molar-refractivity contribution in [2.75, 3.05) is 0 Å². The Kier molecular flexibility index (Phi) is 4.18. The molecule has 0 fully saturated rings. The van der Waals surface area contributed by atoms with Crippen molar-refractivity contribution in [3.05, 3.63) is 70.9 Å². The Morgan fingerprint density at radius 1 is 1.24 bits per heavy atom. The molecule has 0 spiro atoms. The van der Waals surface area contributed by atoms with Gasteiger partial charge >= 0.3 is 6.09 Å². The van der Waals surface area contributed by atoms with E-state index < -0.39 is 0 Å². The Hall–Kier alpha value is -2.75. The van der Waals surface area contributed by atoms with Gasteiger partial charge in [0, 0.05) is 29.1 Å². The molecule has 4 nitrogen and oxygen atoms in total. The number of hydrogen-bond donors (Lipinski definition) is 2. The first kappa shape index (κ1) is 15.8. The summed E-state index contributed by atoms with van der Waals surface area (Å²) in [6.45, 7) is 2.42. The van der Waals surface area contributed by atoms with E-state index in [1.165, 1.54) is 27.7 Å². The number of alkyl carbamates (subject to hydrolysis) is 1. The van der Waals surface area contributed by atoms with Crippen molar-refractivity contribution >= 4 is 17.0 Å². The molecule has 1 atom stereocenters. The van der Waals surface area contributed by atoms with Crippen molar-refractivity contribution in [2.24, 2.45) is 0 Å². The Labute approximate surface area is 147 Å². The Morgan fingerprint density at radius 2 is 2.08 bits per heavy atom. The largest absolute Gasteiger partial charge is 0.445 e. The molecule has 3 aromatic rings. The van der Waals surface area contributed by atoms with Crippen LogP contribution in [0.2, 0.25) is 0 Å². The molecule has 25 heavy (non-hydrogen) atoms. The maximum absolute atomic E-state index is 12.1. The first-order chi connectivity index (χ1) is 12.2. The Morgan fingerprint density at radius 3 is 2.92 bits per heavy atom. The summed E-state index contributed by atoms with van der Waals surface area (Å²) in [5.41, 5.74) is 6.09. The van der Waals surface area contributed by atoms with Crippen molar-refractivity contribution in [3.63, 3.8) is 0 Å². The summed E-state index contributed by atoms with van der Waals surface area (Å²) >= 11 is 0. The van der Waals surface area contributed by atoms with E-state index in [9.17, 15) is 4.79 Å². The summed E-state index contributed by atoms with van der Waals surface area (Å²) in [6.07, 6.45) is 2.39. The van der Waals surface area contributed by atoms with Gasteiger partial charge in [0.1, 0.15) is 6.61 Å². The molecule has 1 aromatic heterocycles. The molecule has 0 aliphatic heterocycles. The second kappa shape index (κ2) is 6.63. The molecule has 4 heteroatoms. The van der Waals surface area contributed by atoms with Gasteiger partial charge in [-0.25, -0.2) is 4.79 Å². The fourth-order valence-corrected chi connectivity index (χ4v) is 3.60. The maximum atomic E-state index is 12.1. The standard InChI is InChI=1S/C21H22N2O2/c1-14-7-10-19-18(11-14)17-9-8-16(12-20(17)23-19)22-21(24)25-13-15-5-3-2-4-6-15/h2-7,10-11,16,23H,8-9,12-13H2,1H3,(H,22,24). The summed E-state index contributed by atoms with van der Waals surface area (Å²) in [4.78, 5) is 15.6. The van der Waals surface area contributed by atoms with Crippen molar-refractivity contribution < 1.29 is 9.53 Å². The highest BCUT2D eigenvalue weighted by atomic mass is 16.5. The molecule has 1 unspecified atom stereocenters. The highest BCUT2D eigenvalue weighted by Crippen LogP contribution is 2.29. The summed E-state index contributed by atoms with van der Waals surface area (Å²) in [5, 5.41) is 4.32. The van der Waals surface area contributed by atoms with E-state index in [2.05, 4.69) is 35.4 Å². The van der Waals surface area contributed by atoms with Gasteiger partial charge in [-0.2, -0.15) is 0 Å². The van der Waals surface area contributed by atoms with Gasteiger partial charge in [0.15, 0.2) is 0 Å². The second-order valence-electron chi connectivity index (χ2n) is 6.78. The predicted molar refractivity (Wildman–Crippen MR) is 98.6 cm³/mol. The summed E-state index contributed by atoms with van der Waals surface area (Å²) in [6, 6.07) is 16.4. The zero-order chi connectivity index (χ0) is 17.2. The van der Waals surface area contributed by atoms with Crippen LogP contribution in [0, 0.1) is 6.92 Å². The van der Waals surface area contributed by atoms with Gasteiger partial charge in [0.2, 0.25) is 0 Å². The molecule has 0 saturated heterocycles. The van der Waals surface area contributed by atoms with Crippen molar-refractivity contribution in [1.29, 1.82) is 0 Å². The number of aromatic amines is 1. The minimum Gasteiger partial charge on any atom is -0.445 e. The van der Waals surface area contributed by atoms with E-state index >= 15 is 0 Å². The highest BCUT2D eigenvalue weighted by molar-refractivity contribution is 5.85. The number of nitrogens with one attached hydrogen (secondary N) is 2. The summed E-state index contributed by atoms with van der Waals surface area (Å²) < 4.78 is 5.33. The molecule has 128 valence electrons. The number of carbonyl (C=O) groups is 1. The lowest BCUT2D eigenvalue weighted by Gasteiger charge is -2.23. The van der Waals surface area contributed by atoms with Gasteiger partial charge in [-0.05, 0) is 43.0 Å². The number of benzene rings is 2.